The molecule has 0 heterocycles. The van der Waals surface area contributed by atoms with Crippen LogP contribution < -0.4 is 4.90 Å². The molecule has 4 aromatic carbocycles. The molecule has 0 aromatic heterocycles. The molecule has 0 bridgehead atoms. The van der Waals surface area contributed by atoms with Crippen LogP contribution in [0.5, 0.6) is 0 Å². The summed E-state index contributed by atoms with van der Waals surface area (Å²) in [4.78, 5) is 2.44. The number of hydrogen-bond donors (Lipinski definition) is 0. The molecule has 1 aliphatic carbocycles. The first-order valence-electron chi connectivity index (χ1n) is 15.1. The van der Waals surface area contributed by atoms with Gasteiger partial charge >= 0.3 is 0 Å². The van der Waals surface area contributed by atoms with Crippen LogP contribution in [0.15, 0.2) is 144 Å². The number of benzene rings is 4. The molecular weight excluding hydrogens is 564 g/mol. The second kappa shape index (κ2) is 14.3. The third-order valence-electron chi connectivity index (χ3n) is 7.61. The van der Waals surface area contributed by atoms with Crippen molar-refractivity contribution < 1.29 is 17.2 Å². The van der Waals surface area contributed by atoms with Crippen molar-refractivity contribution in [3.63, 3.8) is 0 Å². The molecule has 4 aromatic rings. The molecule has 0 amide bonds. The average molecular weight is 604 g/mol. The van der Waals surface area contributed by atoms with Crippen LogP contribution in [0.3, 0.4) is 0 Å². The van der Waals surface area contributed by atoms with Gasteiger partial charge in [0.1, 0.15) is 11.4 Å². The molecule has 5 nitrogen and oxygen atoms in total. The van der Waals surface area contributed by atoms with Gasteiger partial charge in [0.2, 0.25) is 11.4 Å². The lowest BCUT2D eigenvalue weighted by Gasteiger charge is -2.25. The molecule has 44 heavy (non-hydrogen) atoms. The van der Waals surface area contributed by atoms with Crippen LogP contribution >= 0.6 is 0 Å². The summed E-state index contributed by atoms with van der Waals surface area (Å²) in [6.07, 6.45) is 10.4. The summed E-state index contributed by atoms with van der Waals surface area (Å²) in [5, 5.41) is 0. The number of allylic oxidation sites excluding steroid dienone is 5. The zero-order chi connectivity index (χ0) is 30.9. The van der Waals surface area contributed by atoms with E-state index in [1.165, 1.54) is 7.11 Å². The Morgan fingerprint density at radius 3 is 1.91 bits per heavy atom. The predicted molar refractivity (Wildman–Crippen MR) is 182 cm³/mol. The molecule has 0 saturated heterocycles. The second-order valence-electron chi connectivity index (χ2n) is 10.6. The topological polar surface area (TPSA) is 49.6 Å². The van der Waals surface area contributed by atoms with Crippen LogP contribution in [-0.2, 0) is 14.3 Å². The lowest BCUT2D eigenvalue weighted by Crippen LogP contribution is -2.17. The molecule has 0 atom stereocenters. The van der Waals surface area contributed by atoms with Gasteiger partial charge in [0.15, 0.2) is 0 Å². The van der Waals surface area contributed by atoms with Gasteiger partial charge in [0, 0.05) is 54.2 Å². The van der Waals surface area contributed by atoms with Gasteiger partial charge in [-0.05, 0) is 65.6 Å². The summed E-state index contributed by atoms with van der Waals surface area (Å²) < 4.78 is 33.5. The van der Waals surface area contributed by atoms with Crippen LogP contribution in [0.4, 0.5) is 17.1 Å². The molecule has 0 aliphatic heterocycles. The van der Waals surface area contributed by atoms with Crippen molar-refractivity contribution in [1.29, 1.82) is 0 Å². The van der Waals surface area contributed by atoms with Crippen molar-refractivity contribution in [1.82, 2.24) is 0 Å². The van der Waals surface area contributed by atoms with E-state index in [9.17, 15) is 8.42 Å². The van der Waals surface area contributed by atoms with Crippen LogP contribution in [-0.4, -0.2) is 38.9 Å². The Morgan fingerprint density at radius 2 is 1.30 bits per heavy atom. The smallest absolute Gasteiger partial charge is 0.297 e. The maximum atomic E-state index is 13.1. The maximum absolute atomic E-state index is 13.1. The Morgan fingerprint density at radius 1 is 0.705 bits per heavy atom. The molecular formula is C38H39N2O3S+. The SMILES string of the molecule is CCCN(c1ccccc1)c1ccc(C(=C2C=CC(=[N+](CCC)c3ccccc3)C=C2)c2ccccc2S(=O)(=O)OC)cc1. The van der Waals surface area contributed by atoms with Gasteiger partial charge in [-0.3, -0.25) is 4.18 Å². The Labute approximate surface area is 261 Å². The predicted octanol–water partition coefficient (Wildman–Crippen LogP) is 8.69. The van der Waals surface area contributed by atoms with Crippen molar-refractivity contribution >= 4 is 38.5 Å². The summed E-state index contributed by atoms with van der Waals surface area (Å²) in [6.45, 7) is 6.11. The van der Waals surface area contributed by atoms with Crippen molar-refractivity contribution in [2.24, 2.45) is 0 Å². The molecule has 1 aliphatic rings. The Kier molecular flexibility index (Phi) is 10.1. The molecule has 0 saturated carbocycles. The minimum Gasteiger partial charge on any atom is -0.342 e. The van der Waals surface area contributed by atoms with E-state index in [0.29, 0.717) is 5.56 Å². The molecule has 5 rings (SSSR count). The van der Waals surface area contributed by atoms with Crippen LogP contribution in [0.1, 0.15) is 37.8 Å². The fourth-order valence-corrected chi connectivity index (χ4v) is 6.42. The summed E-state index contributed by atoms with van der Waals surface area (Å²) >= 11 is 0. The van der Waals surface area contributed by atoms with E-state index in [0.717, 1.165) is 65.4 Å². The first-order chi connectivity index (χ1) is 21.5. The summed E-state index contributed by atoms with van der Waals surface area (Å²) in [5.74, 6) is 0. The zero-order valence-corrected chi connectivity index (χ0v) is 26.4. The lowest BCUT2D eigenvalue weighted by molar-refractivity contribution is -0.439. The molecule has 0 spiro atoms. The van der Waals surface area contributed by atoms with Gasteiger partial charge in [-0.1, -0.05) is 80.6 Å². The number of anilines is 2. The fourth-order valence-electron chi connectivity index (χ4n) is 5.55. The molecule has 0 fully saturated rings. The molecule has 0 radical (unpaired) electrons. The lowest BCUT2D eigenvalue weighted by atomic mass is 9.90. The monoisotopic (exact) mass is 603 g/mol. The van der Waals surface area contributed by atoms with Crippen molar-refractivity contribution in [3.05, 3.63) is 150 Å². The minimum absolute atomic E-state index is 0.138. The molecule has 0 N–H and O–H groups in total. The van der Waals surface area contributed by atoms with Gasteiger partial charge < -0.3 is 4.90 Å². The highest BCUT2D eigenvalue weighted by Gasteiger charge is 2.24. The first-order valence-corrected chi connectivity index (χ1v) is 16.5. The van der Waals surface area contributed by atoms with Gasteiger partial charge in [0.25, 0.3) is 10.1 Å². The van der Waals surface area contributed by atoms with Gasteiger partial charge in [-0.2, -0.15) is 13.0 Å². The van der Waals surface area contributed by atoms with Gasteiger partial charge in [-0.15, -0.1) is 0 Å². The average Bonchev–Trinajstić information content (AvgIpc) is 3.08. The van der Waals surface area contributed by atoms with Crippen LogP contribution in [0.25, 0.3) is 5.57 Å². The molecule has 224 valence electrons. The Balaban J connectivity index is 1.65. The standard InChI is InChI=1S/C38H39N2O3S/c1-4-28-39(32-14-8-6-9-15-32)34-24-20-30(21-25-34)38(36-18-12-13-19-37(36)44(41,42)43-3)31-22-26-35(27-23-31)40(29-5-2)33-16-10-7-11-17-33/h6-27H,4-5,28-29H2,1-3H3/q+1. The van der Waals surface area contributed by atoms with E-state index in [2.05, 4.69) is 120 Å². The fraction of sp³-hybridized carbons (Fsp3) is 0.184. The van der Waals surface area contributed by atoms with E-state index in [1.54, 1.807) is 12.1 Å². The van der Waals surface area contributed by atoms with E-state index in [1.807, 2.05) is 24.3 Å². The van der Waals surface area contributed by atoms with Crippen LogP contribution in [0.2, 0.25) is 0 Å². The van der Waals surface area contributed by atoms with Crippen LogP contribution in [0, 0.1) is 0 Å². The van der Waals surface area contributed by atoms with E-state index in [-0.39, 0.29) is 4.90 Å². The third-order valence-corrected chi connectivity index (χ3v) is 8.94. The summed E-state index contributed by atoms with van der Waals surface area (Å²) in [7, 11) is -2.76. The van der Waals surface area contributed by atoms with Gasteiger partial charge in [-0.25, -0.2) is 0 Å². The first kappa shape index (κ1) is 30.9. The van der Waals surface area contributed by atoms with Crippen molar-refractivity contribution in [2.45, 2.75) is 31.6 Å². The van der Waals surface area contributed by atoms with Gasteiger partial charge in [0.05, 0.1) is 7.11 Å². The number of nitrogens with zero attached hydrogens (tertiary/aromatic N) is 2. The Bertz CT molecular complexity index is 1790. The number of hydrogen-bond acceptors (Lipinski definition) is 4. The third kappa shape index (κ3) is 6.83. The second-order valence-corrected chi connectivity index (χ2v) is 12.2. The highest BCUT2D eigenvalue weighted by Crippen LogP contribution is 2.36. The van der Waals surface area contributed by atoms with Crippen molar-refractivity contribution in [3.8, 4) is 0 Å². The summed E-state index contributed by atoms with van der Waals surface area (Å²) in [6, 6.07) is 36.1. The summed E-state index contributed by atoms with van der Waals surface area (Å²) in [5.41, 5.74) is 7.66. The normalized spacial score (nSPS) is 12.8. The highest BCUT2D eigenvalue weighted by atomic mass is 32.2. The molecule has 6 heteroatoms. The van der Waals surface area contributed by atoms with E-state index >= 15 is 0 Å². The maximum Gasteiger partial charge on any atom is 0.297 e. The Hall–Kier alpha value is -4.52. The van der Waals surface area contributed by atoms with E-state index in [4.69, 9.17) is 4.18 Å². The largest absolute Gasteiger partial charge is 0.342 e. The minimum atomic E-state index is -3.96. The number of para-hydroxylation sites is 2. The number of rotatable bonds is 11. The van der Waals surface area contributed by atoms with Crippen molar-refractivity contribution in [2.75, 3.05) is 25.1 Å². The zero-order valence-electron chi connectivity index (χ0n) is 25.6. The van der Waals surface area contributed by atoms with E-state index < -0.39 is 10.1 Å². The highest BCUT2D eigenvalue weighted by molar-refractivity contribution is 7.86. The molecule has 0 unspecified atom stereocenters. The quantitative estimate of drug-likeness (QED) is 0.127.